The molecule has 36 heavy (non-hydrogen) atoms. The van der Waals surface area contributed by atoms with Crippen molar-refractivity contribution in [3.8, 4) is 28.3 Å². The minimum Gasteiger partial charge on any atom is -0.497 e. The van der Waals surface area contributed by atoms with Gasteiger partial charge in [0.25, 0.3) is 0 Å². The zero-order valence-corrected chi connectivity index (χ0v) is 20.5. The van der Waals surface area contributed by atoms with E-state index in [1.165, 1.54) is 6.07 Å². The number of anilines is 1. The molecule has 0 spiro atoms. The average Bonchev–Trinajstić information content (AvgIpc) is 3.29. The number of aryl methyl sites for hydroxylation is 1. The molecule has 0 amide bonds. The number of hydrogen-bond donors (Lipinski definition) is 3. The van der Waals surface area contributed by atoms with E-state index < -0.39 is 17.7 Å². The number of H-pyrrole nitrogens is 1. The molecule has 0 unspecified atom stereocenters. The van der Waals surface area contributed by atoms with E-state index in [4.69, 9.17) is 9.72 Å². The Labute approximate surface area is 208 Å². The number of methoxy groups -OCH3 is 1. The number of nitrogens with one attached hydrogen (secondary N) is 2. The lowest BCUT2D eigenvalue weighted by atomic mass is 9.95. The second-order valence-electron chi connectivity index (χ2n) is 9.04. The maximum absolute atomic E-state index is 15.0. The first-order chi connectivity index (χ1) is 17.4. The number of β-amino-alcohol motifs (C(OH)–C–C–N with tert-alkyl or cyclic N) is 1. The molecule has 2 atom stereocenters. The van der Waals surface area contributed by atoms with Gasteiger partial charge in [-0.2, -0.15) is 0 Å². The van der Waals surface area contributed by atoms with Crippen molar-refractivity contribution in [1.29, 1.82) is 0 Å². The summed E-state index contributed by atoms with van der Waals surface area (Å²) in [6.45, 7) is 5.56. The number of likely N-dealkylation sites (N-methyl/N-ethyl adjacent to an activating group) is 1. The maximum atomic E-state index is 15.0. The Morgan fingerprint density at radius 1 is 1.19 bits per heavy atom. The van der Waals surface area contributed by atoms with Crippen LogP contribution >= 0.6 is 0 Å². The summed E-state index contributed by atoms with van der Waals surface area (Å²) in [6.07, 6.45) is 1.63. The van der Waals surface area contributed by atoms with E-state index in [-0.39, 0.29) is 11.6 Å². The number of imidazole rings is 1. The van der Waals surface area contributed by atoms with Gasteiger partial charge in [0.2, 0.25) is 0 Å². The standard InChI is InChI=1S/C27H29F2N5O2/c1-4-30-22-9-10-34(14-24(22)35)26-19(18-11-16(28)5-7-20(18)29)13-31-15(2)25(26)27-32-21-8-6-17(36-3)12-23(21)33-27/h5-8,11-13,22,24,30,35H,4,9-10,14H2,1-3H3,(H,32,33)/t22-,24+/m1/s1. The van der Waals surface area contributed by atoms with Crippen molar-refractivity contribution in [2.24, 2.45) is 0 Å². The highest BCUT2D eigenvalue weighted by Gasteiger charge is 2.32. The van der Waals surface area contributed by atoms with Gasteiger partial charge in [-0.25, -0.2) is 13.8 Å². The smallest absolute Gasteiger partial charge is 0.142 e. The third kappa shape index (κ3) is 4.40. The van der Waals surface area contributed by atoms with Crippen LogP contribution in [0.4, 0.5) is 14.5 Å². The molecule has 5 rings (SSSR count). The minimum atomic E-state index is -0.634. The van der Waals surface area contributed by atoms with Crippen molar-refractivity contribution in [2.75, 3.05) is 31.6 Å². The van der Waals surface area contributed by atoms with E-state index in [0.29, 0.717) is 53.6 Å². The number of piperidine rings is 1. The summed E-state index contributed by atoms with van der Waals surface area (Å²) < 4.78 is 34.6. The average molecular weight is 494 g/mol. The van der Waals surface area contributed by atoms with E-state index in [1.54, 1.807) is 13.3 Å². The molecule has 1 aliphatic heterocycles. The van der Waals surface area contributed by atoms with Gasteiger partial charge in [-0.15, -0.1) is 0 Å². The Morgan fingerprint density at radius 2 is 2.03 bits per heavy atom. The van der Waals surface area contributed by atoms with Crippen molar-refractivity contribution in [2.45, 2.75) is 32.4 Å². The number of hydrogen-bond acceptors (Lipinski definition) is 6. The monoisotopic (exact) mass is 493 g/mol. The summed E-state index contributed by atoms with van der Waals surface area (Å²) >= 11 is 0. The zero-order valence-electron chi connectivity index (χ0n) is 20.5. The van der Waals surface area contributed by atoms with Gasteiger partial charge in [0.15, 0.2) is 0 Å². The van der Waals surface area contributed by atoms with E-state index in [2.05, 4.69) is 15.3 Å². The first-order valence-electron chi connectivity index (χ1n) is 12.0. The van der Waals surface area contributed by atoms with Gasteiger partial charge in [0, 0.05) is 42.5 Å². The number of fused-ring (bicyclic) bond motifs is 1. The highest BCUT2D eigenvalue weighted by molar-refractivity contribution is 5.92. The third-order valence-corrected chi connectivity index (χ3v) is 6.75. The Balaban J connectivity index is 1.71. The molecule has 1 fully saturated rings. The molecule has 0 bridgehead atoms. The van der Waals surface area contributed by atoms with Crippen molar-refractivity contribution >= 4 is 16.7 Å². The molecule has 0 radical (unpaired) electrons. The normalized spacial score (nSPS) is 18.1. The predicted molar refractivity (Wildman–Crippen MR) is 136 cm³/mol. The minimum absolute atomic E-state index is 0.0364. The van der Waals surface area contributed by atoms with Gasteiger partial charge < -0.3 is 25.0 Å². The van der Waals surface area contributed by atoms with E-state index >= 15 is 4.39 Å². The molecule has 1 aliphatic rings. The summed E-state index contributed by atoms with van der Waals surface area (Å²) in [4.78, 5) is 14.7. The molecule has 1 saturated heterocycles. The van der Waals surface area contributed by atoms with Gasteiger partial charge in [0.05, 0.1) is 41.2 Å². The third-order valence-electron chi connectivity index (χ3n) is 6.75. The van der Waals surface area contributed by atoms with Crippen molar-refractivity contribution in [3.63, 3.8) is 0 Å². The number of aromatic amines is 1. The molecule has 4 aromatic rings. The lowest BCUT2D eigenvalue weighted by Crippen LogP contribution is -2.53. The van der Waals surface area contributed by atoms with Crippen LogP contribution in [0, 0.1) is 18.6 Å². The molecule has 2 aromatic heterocycles. The number of aliphatic hydroxyl groups is 1. The van der Waals surface area contributed by atoms with Gasteiger partial charge >= 0.3 is 0 Å². The number of aromatic nitrogens is 3. The highest BCUT2D eigenvalue weighted by Crippen LogP contribution is 2.42. The number of ether oxygens (including phenoxy) is 1. The van der Waals surface area contributed by atoms with E-state index in [9.17, 15) is 9.50 Å². The van der Waals surface area contributed by atoms with Crippen molar-refractivity contribution in [3.05, 3.63) is 59.9 Å². The summed E-state index contributed by atoms with van der Waals surface area (Å²) in [7, 11) is 1.60. The molecular formula is C27H29F2N5O2. The van der Waals surface area contributed by atoms with Crippen LogP contribution in [0.5, 0.6) is 5.75 Å². The quantitative estimate of drug-likeness (QED) is 0.368. The Hall–Kier alpha value is -3.56. The fourth-order valence-corrected chi connectivity index (χ4v) is 4.98. The second-order valence-corrected chi connectivity index (χ2v) is 9.04. The van der Waals surface area contributed by atoms with Crippen molar-refractivity contribution < 1.29 is 18.6 Å². The lowest BCUT2D eigenvalue weighted by molar-refractivity contribution is 0.115. The Morgan fingerprint density at radius 3 is 2.78 bits per heavy atom. The largest absolute Gasteiger partial charge is 0.497 e. The second kappa shape index (κ2) is 9.83. The van der Waals surface area contributed by atoms with Gasteiger partial charge in [-0.05, 0) is 50.2 Å². The van der Waals surface area contributed by atoms with Crippen LogP contribution < -0.4 is 15.0 Å². The molecule has 3 N–H and O–H groups in total. The highest BCUT2D eigenvalue weighted by atomic mass is 19.1. The van der Waals surface area contributed by atoms with Crippen molar-refractivity contribution in [1.82, 2.24) is 20.3 Å². The molecule has 7 nitrogen and oxygen atoms in total. The topological polar surface area (TPSA) is 86.3 Å². The summed E-state index contributed by atoms with van der Waals surface area (Å²) in [5, 5.41) is 14.2. The number of pyridine rings is 1. The van der Waals surface area contributed by atoms with Crippen LogP contribution in [0.25, 0.3) is 33.5 Å². The van der Waals surface area contributed by atoms with Crippen LogP contribution in [0.1, 0.15) is 19.0 Å². The first kappa shape index (κ1) is 24.1. The van der Waals surface area contributed by atoms with E-state index in [0.717, 1.165) is 29.7 Å². The maximum Gasteiger partial charge on any atom is 0.142 e. The van der Waals surface area contributed by atoms with Crippen LogP contribution in [0.3, 0.4) is 0 Å². The fourth-order valence-electron chi connectivity index (χ4n) is 4.98. The molecule has 2 aromatic carbocycles. The van der Waals surface area contributed by atoms with Gasteiger partial charge in [-0.3, -0.25) is 4.98 Å². The van der Waals surface area contributed by atoms with Crippen LogP contribution in [0.2, 0.25) is 0 Å². The molecule has 188 valence electrons. The Kier molecular flexibility index (Phi) is 6.59. The molecule has 3 heterocycles. The molecule has 9 heteroatoms. The number of benzene rings is 2. The Bertz CT molecular complexity index is 1410. The van der Waals surface area contributed by atoms with Gasteiger partial charge in [0.1, 0.15) is 23.2 Å². The molecule has 0 saturated carbocycles. The number of aliphatic hydroxyl groups excluding tert-OH is 1. The van der Waals surface area contributed by atoms with Crippen LogP contribution in [0.15, 0.2) is 42.6 Å². The number of nitrogens with zero attached hydrogens (tertiary/aromatic N) is 3. The SMILES string of the molecule is CCN[C@@H]1CCN(c2c(-c3cc(F)ccc3F)cnc(C)c2-c2nc3ccc(OC)cc3[nH]2)C[C@@H]1O. The number of rotatable bonds is 6. The molecule has 0 aliphatic carbocycles. The molecular weight excluding hydrogens is 464 g/mol. The summed E-state index contributed by atoms with van der Waals surface area (Å²) in [5.74, 6) is 0.157. The first-order valence-corrected chi connectivity index (χ1v) is 12.0. The number of halogens is 2. The lowest BCUT2D eigenvalue weighted by Gasteiger charge is -2.39. The van der Waals surface area contributed by atoms with E-state index in [1.807, 2.05) is 36.9 Å². The van der Waals surface area contributed by atoms with Crippen LogP contribution in [-0.2, 0) is 0 Å². The van der Waals surface area contributed by atoms with Gasteiger partial charge in [-0.1, -0.05) is 6.92 Å². The van der Waals surface area contributed by atoms with Crippen LogP contribution in [-0.4, -0.2) is 58.9 Å². The zero-order chi connectivity index (χ0) is 25.4. The summed E-state index contributed by atoms with van der Waals surface area (Å²) in [6, 6.07) is 8.91. The fraction of sp³-hybridized carbons (Fsp3) is 0.333. The summed E-state index contributed by atoms with van der Waals surface area (Å²) in [5.41, 5.74) is 4.10. The predicted octanol–water partition coefficient (Wildman–Crippen LogP) is 4.44.